The van der Waals surface area contributed by atoms with Crippen LogP contribution in [0.3, 0.4) is 0 Å². The molecule has 25 heavy (non-hydrogen) atoms. The standard InChI is InChI=1S/C19H38N2O3S/c1-6-8-10-23-17-13-15(25-19(20)21(4)5)12-16(14(3)22)18(17)24-11-9-7-2/h14-18,20,22H,6-13H2,1-5H3/t14?,15-,16+,17+,18+/m0/s1. The molecule has 0 aromatic rings. The Bertz CT molecular complexity index is 380. The van der Waals surface area contributed by atoms with Gasteiger partial charge in [0, 0.05) is 38.5 Å². The third-order valence-corrected chi connectivity index (χ3v) is 6.07. The number of rotatable bonds is 10. The molecule has 0 aromatic heterocycles. The van der Waals surface area contributed by atoms with Crippen LogP contribution in [0, 0.1) is 11.3 Å². The van der Waals surface area contributed by atoms with Crippen molar-refractivity contribution in [2.24, 2.45) is 5.92 Å². The maximum absolute atomic E-state index is 10.3. The van der Waals surface area contributed by atoms with Crippen molar-refractivity contribution < 1.29 is 14.6 Å². The van der Waals surface area contributed by atoms with Gasteiger partial charge in [0.25, 0.3) is 0 Å². The molecule has 1 unspecified atom stereocenters. The zero-order chi connectivity index (χ0) is 18.8. The average molecular weight is 375 g/mol. The smallest absolute Gasteiger partial charge is 0.156 e. The lowest BCUT2D eigenvalue weighted by Crippen LogP contribution is -2.49. The van der Waals surface area contributed by atoms with E-state index in [-0.39, 0.29) is 23.4 Å². The van der Waals surface area contributed by atoms with Crippen molar-refractivity contribution in [2.75, 3.05) is 27.3 Å². The number of nitrogens with one attached hydrogen (secondary N) is 1. The summed E-state index contributed by atoms with van der Waals surface area (Å²) in [5.41, 5.74) is 0. The summed E-state index contributed by atoms with van der Waals surface area (Å²) in [5, 5.41) is 19.3. The summed E-state index contributed by atoms with van der Waals surface area (Å²) in [6.07, 6.45) is 5.56. The molecule has 1 aliphatic rings. The first kappa shape index (κ1) is 22.7. The zero-order valence-corrected chi connectivity index (χ0v) is 17.5. The molecule has 0 bridgehead atoms. The van der Waals surface area contributed by atoms with Crippen molar-refractivity contribution in [3.05, 3.63) is 0 Å². The fraction of sp³-hybridized carbons (Fsp3) is 0.947. The second-order valence-corrected chi connectivity index (χ2v) is 8.56. The number of aliphatic hydroxyl groups excluding tert-OH is 1. The van der Waals surface area contributed by atoms with Crippen molar-refractivity contribution in [1.82, 2.24) is 4.90 Å². The summed E-state index contributed by atoms with van der Waals surface area (Å²) in [6, 6.07) is 0. The molecular weight excluding hydrogens is 336 g/mol. The topological polar surface area (TPSA) is 65.8 Å². The van der Waals surface area contributed by atoms with Gasteiger partial charge < -0.3 is 19.5 Å². The molecule has 6 heteroatoms. The Balaban J connectivity index is 2.81. The Labute approximate surface area is 158 Å². The monoisotopic (exact) mass is 374 g/mol. The number of ether oxygens (including phenoxy) is 2. The molecule has 1 fully saturated rings. The van der Waals surface area contributed by atoms with Crippen LogP contribution in [0.5, 0.6) is 0 Å². The van der Waals surface area contributed by atoms with Gasteiger partial charge in [-0.2, -0.15) is 0 Å². The van der Waals surface area contributed by atoms with Gasteiger partial charge in [-0.1, -0.05) is 38.5 Å². The summed E-state index contributed by atoms with van der Waals surface area (Å²) in [4.78, 5) is 1.83. The fourth-order valence-corrected chi connectivity index (χ4v) is 4.30. The number of aliphatic hydroxyl groups is 1. The van der Waals surface area contributed by atoms with Crippen molar-refractivity contribution in [3.63, 3.8) is 0 Å². The largest absolute Gasteiger partial charge is 0.393 e. The maximum atomic E-state index is 10.3. The molecule has 5 nitrogen and oxygen atoms in total. The van der Waals surface area contributed by atoms with Gasteiger partial charge in [-0.05, 0) is 32.6 Å². The predicted molar refractivity (Wildman–Crippen MR) is 106 cm³/mol. The molecule has 0 aliphatic heterocycles. The van der Waals surface area contributed by atoms with E-state index >= 15 is 0 Å². The summed E-state index contributed by atoms with van der Waals surface area (Å²) in [5.74, 6) is 0.0599. The minimum atomic E-state index is -0.430. The van der Waals surface area contributed by atoms with E-state index in [2.05, 4.69) is 13.8 Å². The molecule has 0 spiro atoms. The van der Waals surface area contributed by atoms with E-state index in [1.165, 1.54) is 0 Å². The third kappa shape index (κ3) is 7.85. The van der Waals surface area contributed by atoms with E-state index in [0.717, 1.165) is 51.7 Å². The second-order valence-electron chi connectivity index (χ2n) is 7.27. The van der Waals surface area contributed by atoms with E-state index in [1.807, 2.05) is 25.9 Å². The lowest BCUT2D eigenvalue weighted by atomic mass is 9.80. The lowest BCUT2D eigenvalue weighted by Gasteiger charge is -2.42. The molecule has 1 aliphatic carbocycles. The number of unbranched alkanes of at least 4 members (excludes halogenated alkanes) is 2. The molecule has 0 radical (unpaired) electrons. The Morgan fingerprint density at radius 1 is 1.16 bits per heavy atom. The molecule has 148 valence electrons. The van der Waals surface area contributed by atoms with Crippen molar-refractivity contribution in [3.8, 4) is 0 Å². The minimum Gasteiger partial charge on any atom is -0.393 e. The number of thioether (sulfide) groups is 1. The second kappa shape index (κ2) is 12.2. The molecule has 0 aromatic carbocycles. The van der Waals surface area contributed by atoms with Crippen LogP contribution in [0.1, 0.15) is 59.3 Å². The van der Waals surface area contributed by atoms with Gasteiger partial charge in [-0.3, -0.25) is 5.41 Å². The summed E-state index contributed by atoms with van der Waals surface area (Å²) in [6.45, 7) is 7.64. The maximum Gasteiger partial charge on any atom is 0.156 e. The highest BCUT2D eigenvalue weighted by Gasteiger charge is 2.42. The normalized spacial score (nSPS) is 27.9. The van der Waals surface area contributed by atoms with Crippen molar-refractivity contribution in [2.45, 2.75) is 82.9 Å². The molecule has 0 saturated heterocycles. The van der Waals surface area contributed by atoms with Crippen LogP contribution in [0.4, 0.5) is 0 Å². The minimum absolute atomic E-state index is 0.00391. The van der Waals surface area contributed by atoms with E-state index in [9.17, 15) is 5.11 Å². The van der Waals surface area contributed by atoms with E-state index in [0.29, 0.717) is 5.17 Å². The average Bonchev–Trinajstić information content (AvgIpc) is 2.56. The Hall–Kier alpha value is -0.300. The molecule has 5 atom stereocenters. The number of hydrogen-bond acceptors (Lipinski definition) is 5. The number of nitrogens with zero attached hydrogens (tertiary/aromatic N) is 1. The Kier molecular flexibility index (Phi) is 11.1. The highest BCUT2D eigenvalue weighted by atomic mass is 32.2. The van der Waals surface area contributed by atoms with Crippen LogP contribution in [-0.2, 0) is 9.47 Å². The van der Waals surface area contributed by atoms with E-state index in [4.69, 9.17) is 14.9 Å². The highest BCUT2D eigenvalue weighted by molar-refractivity contribution is 8.14. The van der Waals surface area contributed by atoms with Gasteiger partial charge in [0.2, 0.25) is 0 Å². The van der Waals surface area contributed by atoms with Crippen LogP contribution < -0.4 is 0 Å². The Morgan fingerprint density at radius 2 is 1.76 bits per heavy atom. The highest BCUT2D eigenvalue weighted by Crippen LogP contribution is 2.38. The zero-order valence-electron chi connectivity index (χ0n) is 16.7. The quantitative estimate of drug-likeness (QED) is 0.346. The predicted octanol–water partition coefficient (Wildman–Crippen LogP) is 3.75. The SMILES string of the molecule is CCCCO[C@@H]1[C@@H](C(C)O)C[C@H](SC(=N)N(C)C)C[C@H]1OCCCC. The van der Waals surface area contributed by atoms with E-state index < -0.39 is 6.10 Å². The van der Waals surface area contributed by atoms with Crippen LogP contribution >= 0.6 is 11.8 Å². The summed E-state index contributed by atoms with van der Waals surface area (Å²) in [7, 11) is 3.80. The fourth-order valence-electron chi connectivity index (χ4n) is 3.17. The first-order chi connectivity index (χ1) is 11.9. The first-order valence-electron chi connectivity index (χ1n) is 9.74. The van der Waals surface area contributed by atoms with Gasteiger partial charge in [-0.25, -0.2) is 0 Å². The van der Waals surface area contributed by atoms with Crippen LogP contribution in [0.25, 0.3) is 0 Å². The first-order valence-corrected chi connectivity index (χ1v) is 10.6. The summed E-state index contributed by atoms with van der Waals surface area (Å²) < 4.78 is 12.4. The molecule has 0 heterocycles. The Morgan fingerprint density at radius 3 is 2.28 bits per heavy atom. The van der Waals surface area contributed by atoms with E-state index in [1.54, 1.807) is 11.8 Å². The molecule has 0 amide bonds. The van der Waals surface area contributed by atoms with Crippen LogP contribution in [0.2, 0.25) is 0 Å². The summed E-state index contributed by atoms with van der Waals surface area (Å²) >= 11 is 1.59. The lowest BCUT2D eigenvalue weighted by molar-refractivity contribution is -0.136. The van der Waals surface area contributed by atoms with Crippen molar-refractivity contribution in [1.29, 1.82) is 5.41 Å². The molecule has 1 rings (SSSR count). The van der Waals surface area contributed by atoms with Gasteiger partial charge in [-0.15, -0.1) is 0 Å². The number of amidine groups is 1. The van der Waals surface area contributed by atoms with Crippen LogP contribution in [0.15, 0.2) is 0 Å². The van der Waals surface area contributed by atoms with Gasteiger partial charge in [0.1, 0.15) is 0 Å². The molecular formula is C19H38N2O3S. The molecule has 2 N–H and O–H groups in total. The van der Waals surface area contributed by atoms with Gasteiger partial charge >= 0.3 is 0 Å². The van der Waals surface area contributed by atoms with Gasteiger partial charge in [0.15, 0.2) is 5.17 Å². The number of hydrogen-bond donors (Lipinski definition) is 2. The van der Waals surface area contributed by atoms with Crippen LogP contribution in [-0.4, -0.2) is 66.0 Å². The molecule has 1 saturated carbocycles. The third-order valence-electron chi connectivity index (χ3n) is 4.76. The van der Waals surface area contributed by atoms with Gasteiger partial charge in [0.05, 0.1) is 18.3 Å². The van der Waals surface area contributed by atoms with Crippen molar-refractivity contribution >= 4 is 16.9 Å².